The molecule has 1 saturated carbocycles. The van der Waals surface area contributed by atoms with Crippen LogP contribution in [0.15, 0.2) is 52.4 Å². The van der Waals surface area contributed by atoms with Gasteiger partial charge in [-0.2, -0.15) is 26.3 Å². The van der Waals surface area contributed by atoms with Crippen molar-refractivity contribution < 1.29 is 40.1 Å². The van der Waals surface area contributed by atoms with E-state index in [1.807, 2.05) is 12.2 Å². The van der Waals surface area contributed by atoms with Crippen molar-refractivity contribution in [2.45, 2.75) is 63.4 Å². The molecule has 0 spiro atoms. The van der Waals surface area contributed by atoms with Crippen LogP contribution in [0.4, 0.5) is 26.3 Å². The first-order chi connectivity index (χ1) is 17.5. The zero-order chi connectivity index (χ0) is 27.1. The first-order valence-corrected chi connectivity index (χ1v) is 13.1. The van der Waals surface area contributed by atoms with Gasteiger partial charge in [0.1, 0.15) is 5.71 Å². The number of ether oxygens (including phenoxy) is 2. The van der Waals surface area contributed by atoms with E-state index in [9.17, 15) is 26.3 Å². The van der Waals surface area contributed by atoms with Gasteiger partial charge in [0, 0.05) is 24.2 Å². The SMILES string of the molecule is CSON=C(C1=C2CC(C2)C(OCCCOC2CC=CC(CCC(=N)C(F)(F)F)C2)=CC=C1)C(F)(F)F. The summed E-state index contributed by atoms with van der Waals surface area (Å²) in [5, 5.41) is 10.4. The molecule has 4 aliphatic rings. The van der Waals surface area contributed by atoms with Gasteiger partial charge in [-0.3, -0.25) is 0 Å². The Labute approximate surface area is 216 Å². The van der Waals surface area contributed by atoms with Crippen molar-refractivity contribution >= 4 is 23.5 Å². The average molecular weight is 553 g/mol. The molecule has 0 aromatic rings. The summed E-state index contributed by atoms with van der Waals surface area (Å²) in [5.74, 6) is 0.676. The zero-order valence-electron chi connectivity index (χ0n) is 20.3. The van der Waals surface area contributed by atoms with E-state index in [2.05, 4.69) is 9.44 Å². The highest BCUT2D eigenvalue weighted by Gasteiger charge is 2.42. The summed E-state index contributed by atoms with van der Waals surface area (Å²) in [6.45, 7) is 0.807. The number of allylic oxidation sites excluding steroid dienone is 7. The first kappa shape index (κ1) is 29.3. The lowest BCUT2D eigenvalue weighted by Crippen LogP contribution is -2.29. The van der Waals surface area contributed by atoms with Gasteiger partial charge in [-0.1, -0.05) is 35.0 Å². The van der Waals surface area contributed by atoms with Crippen LogP contribution in [-0.2, 0) is 13.8 Å². The maximum absolute atomic E-state index is 13.4. The van der Waals surface area contributed by atoms with Gasteiger partial charge < -0.3 is 19.2 Å². The summed E-state index contributed by atoms with van der Waals surface area (Å²) in [7, 11) is 0. The minimum absolute atomic E-state index is 0.00601. The molecule has 2 bridgehead atoms. The van der Waals surface area contributed by atoms with E-state index < -0.39 is 23.8 Å². The van der Waals surface area contributed by atoms with Gasteiger partial charge in [0.05, 0.1) is 37.1 Å². The Morgan fingerprint density at radius 1 is 1.14 bits per heavy atom. The van der Waals surface area contributed by atoms with Crippen LogP contribution in [0, 0.1) is 17.2 Å². The molecular formula is C25H30F6N2O3S. The summed E-state index contributed by atoms with van der Waals surface area (Å²) in [4.78, 5) is 0. The molecule has 37 heavy (non-hydrogen) atoms. The van der Waals surface area contributed by atoms with Gasteiger partial charge in [-0.05, 0) is 50.5 Å². The predicted molar refractivity (Wildman–Crippen MR) is 130 cm³/mol. The molecule has 0 heterocycles. The number of halogens is 6. The van der Waals surface area contributed by atoms with E-state index in [4.69, 9.17) is 14.9 Å². The quantitative estimate of drug-likeness (QED) is 0.0681. The van der Waals surface area contributed by atoms with E-state index in [0.29, 0.717) is 50.9 Å². The van der Waals surface area contributed by atoms with Crippen molar-refractivity contribution in [2.75, 3.05) is 19.5 Å². The largest absolute Gasteiger partial charge is 0.498 e. The zero-order valence-corrected chi connectivity index (χ0v) is 21.1. The Kier molecular flexibility index (Phi) is 10.3. The normalized spacial score (nSPS) is 24.2. The lowest BCUT2D eigenvalue weighted by atomic mass is 9.74. The monoisotopic (exact) mass is 552 g/mol. The molecule has 0 aromatic carbocycles. The van der Waals surface area contributed by atoms with Gasteiger partial charge in [0.25, 0.3) is 0 Å². The van der Waals surface area contributed by atoms with E-state index >= 15 is 0 Å². The Balaban J connectivity index is 1.41. The minimum Gasteiger partial charge on any atom is -0.498 e. The fraction of sp³-hybridized carbons (Fsp3) is 0.600. The number of nitrogens with one attached hydrogen (secondary N) is 1. The Morgan fingerprint density at radius 2 is 1.89 bits per heavy atom. The molecular weight excluding hydrogens is 522 g/mol. The molecule has 12 heteroatoms. The van der Waals surface area contributed by atoms with Crippen molar-refractivity contribution in [1.29, 1.82) is 5.41 Å². The third-order valence-electron chi connectivity index (χ3n) is 6.41. The van der Waals surface area contributed by atoms with Crippen LogP contribution in [0.1, 0.15) is 44.9 Å². The lowest BCUT2D eigenvalue weighted by molar-refractivity contribution is -0.0618. The molecule has 4 aliphatic carbocycles. The third kappa shape index (κ3) is 8.66. The Bertz CT molecular complexity index is 960. The van der Waals surface area contributed by atoms with E-state index in [-0.39, 0.29) is 36.4 Å². The molecule has 0 amide bonds. The number of fused-ring (bicyclic) bond motifs is 2. The molecule has 1 fully saturated rings. The van der Waals surface area contributed by atoms with Crippen LogP contribution in [0.5, 0.6) is 0 Å². The fourth-order valence-corrected chi connectivity index (χ4v) is 4.59. The standard InChI is InChI=1S/C25H30F6N2O3S/c1-37-36-33-23(25(29,30)31)20-7-3-8-21(18-14-17(20)15-18)35-12-4-11-34-19-6-2-5-16(13-19)9-10-22(32)24(26,27)28/h2-3,5,7-8,16,18-19,32H,4,6,9-15H2,1H3. The number of oxime groups is 1. The highest BCUT2D eigenvalue weighted by atomic mass is 32.2. The van der Waals surface area contributed by atoms with Crippen molar-refractivity contribution in [3.63, 3.8) is 0 Å². The second kappa shape index (κ2) is 13.0. The van der Waals surface area contributed by atoms with Gasteiger partial charge in [0.2, 0.25) is 0 Å². The number of hydrogen-bond acceptors (Lipinski definition) is 6. The van der Waals surface area contributed by atoms with Crippen molar-refractivity contribution in [1.82, 2.24) is 0 Å². The minimum atomic E-state index is -4.63. The van der Waals surface area contributed by atoms with Crippen LogP contribution < -0.4 is 0 Å². The molecule has 0 saturated heterocycles. The van der Waals surface area contributed by atoms with Gasteiger partial charge in [-0.25, -0.2) is 0 Å². The second-order valence-electron chi connectivity index (χ2n) is 9.10. The number of alkyl halides is 6. The molecule has 2 atom stereocenters. The number of hydrogen-bond donors (Lipinski definition) is 1. The van der Waals surface area contributed by atoms with E-state index in [1.54, 1.807) is 6.08 Å². The van der Waals surface area contributed by atoms with Gasteiger partial charge in [-0.15, -0.1) is 0 Å². The molecule has 1 N–H and O–H groups in total. The summed E-state index contributed by atoms with van der Waals surface area (Å²) in [5.41, 5.74) is -1.55. The summed E-state index contributed by atoms with van der Waals surface area (Å²) < 4.78 is 94.3. The highest BCUT2D eigenvalue weighted by molar-refractivity contribution is 7.93. The smallest absolute Gasteiger partial charge is 0.437 e. The predicted octanol–water partition coefficient (Wildman–Crippen LogP) is 7.48. The van der Waals surface area contributed by atoms with Crippen molar-refractivity contribution in [3.05, 3.63) is 47.3 Å². The molecule has 5 nitrogen and oxygen atoms in total. The van der Waals surface area contributed by atoms with Crippen molar-refractivity contribution in [3.8, 4) is 0 Å². The van der Waals surface area contributed by atoms with Crippen molar-refractivity contribution in [2.24, 2.45) is 17.0 Å². The first-order valence-electron chi connectivity index (χ1n) is 12.0. The van der Waals surface area contributed by atoms with Crippen LogP contribution >= 0.6 is 12.0 Å². The van der Waals surface area contributed by atoms with E-state index in [0.717, 1.165) is 17.8 Å². The average Bonchev–Trinajstić information content (AvgIpc) is 2.77. The molecule has 0 aliphatic heterocycles. The van der Waals surface area contributed by atoms with Gasteiger partial charge in [0.15, 0.2) is 5.71 Å². The number of rotatable bonds is 12. The second-order valence-corrected chi connectivity index (χ2v) is 9.58. The molecule has 0 aromatic heterocycles. The number of nitrogens with zero attached hydrogens (tertiary/aromatic N) is 1. The third-order valence-corrected chi connectivity index (χ3v) is 6.63. The Hall–Kier alpha value is -2.21. The summed E-state index contributed by atoms with van der Waals surface area (Å²) in [6.07, 6.45) is 3.37. The van der Waals surface area contributed by atoms with Crippen LogP contribution in [-0.4, -0.2) is 49.3 Å². The van der Waals surface area contributed by atoms with Crippen LogP contribution in [0.3, 0.4) is 0 Å². The highest BCUT2D eigenvalue weighted by Crippen LogP contribution is 2.43. The summed E-state index contributed by atoms with van der Waals surface area (Å²) >= 11 is 0.735. The lowest BCUT2D eigenvalue weighted by Gasteiger charge is -2.34. The topological polar surface area (TPSA) is 63.9 Å². The fourth-order valence-electron chi connectivity index (χ4n) is 4.45. The molecule has 0 radical (unpaired) electrons. The maximum atomic E-state index is 13.4. The summed E-state index contributed by atoms with van der Waals surface area (Å²) in [6, 6.07) is 0. The van der Waals surface area contributed by atoms with Crippen LogP contribution in [0.25, 0.3) is 0 Å². The van der Waals surface area contributed by atoms with Crippen LogP contribution in [0.2, 0.25) is 0 Å². The van der Waals surface area contributed by atoms with Gasteiger partial charge >= 0.3 is 12.4 Å². The van der Waals surface area contributed by atoms with E-state index in [1.165, 1.54) is 18.4 Å². The maximum Gasteiger partial charge on any atom is 0.437 e. The molecule has 4 rings (SSSR count). The Morgan fingerprint density at radius 3 is 2.57 bits per heavy atom. The molecule has 206 valence electrons. The molecule has 2 unspecified atom stereocenters.